The summed E-state index contributed by atoms with van der Waals surface area (Å²) in [5.74, 6) is 1.14. The molecule has 0 aliphatic carbocycles. The minimum atomic E-state index is -0.238. The maximum atomic E-state index is 12.3. The van der Waals surface area contributed by atoms with E-state index in [4.69, 9.17) is 9.47 Å². The van der Waals surface area contributed by atoms with Crippen molar-refractivity contribution in [3.63, 3.8) is 0 Å². The number of aromatic nitrogens is 2. The highest BCUT2D eigenvalue weighted by Crippen LogP contribution is 2.18. The number of hydrogen-bond donors (Lipinski definition) is 1. The van der Waals surface area contributed by atoms with Gasteiger partial charge in [0.05, 0.1) is 24.7 Å². The quantitative estimate of drug-likeness (QED) is 0.653. The number of methoxy groups -OCH3 is 1. The highest BCUT2D eigenvalue weighted by Gasteiger charge is 2.12. The van der Waals surface area contributed by atoms with E-state index in [1.54, 1.807) is 20.2 Å². The van der Waals surface area contributed by atoms with Gasteiger partial charge in [0.15, 0.2) is 0 Å². The number of nitrogens with zero attached hydrogens (tertiary/aromatic N) is 2. The Balaban J connectivity index is 1.55. The molecule has 0 fully saturated rings. The molecule has 1 N–H and O–H groups in total. The lowest BCUT2D eigenvalue weighted by atomic mass is 10.3. The summed E-state index contributed by atoms with van der Waals surface area (Å²) in [5.41, 5.74) is 1.32. The molecule has 3 rings (SSSR count). The van der Waals surface area contributed by atoms with E-state index in [2.05, 4.69) is 5.32 Å². The topological polar surface area (TPSA) is 74.5 Å². The normalized spacial score (nSPS) is 10.7. The number of carbonyl (C=O) groups excluding carboxylic acids is 1. The van der Waals surface area contributed by atoms with E-state index in [9.17, 15) is 9.59 Å². The third kappa shape index (κ3) is 3.72. The Labute approximate surface area is 150 Å². The Morgan fingerprint density at radius 2 is 1.81 bits per heavy atom. The van der Waals surface area contributed by atoms with Gasteiger partial charge in [-0.15, -0.1) is 0 Å². The average Bonchev–Trinajstić information content (AvgIpc) is 2.91. The standard InChI is InChI=1S/C19H21N3O4/c1-21-16-8-3-4-9-17(16)22(19(21)24)13-18(23)20-10-11-26-15-7-5-6-14(12-15)25-2/h3-9,12H,10-11,13H2,1-2H3,(H,20,23). The Kier molecular flexibility index (Phi) is 5.26. The van der Waals surface area contributed by atoms with Gasteiger partial charge >= 0.3 is 5.69 Å². The van der Waals surface area contributed by atoms with Crippen LogP contribution in [0.1, 0.15) is 0 Å². The lowest BCUT2D eigenvalue weighted by Crippen LogP contribution is -2.34. The van der Waals surface area contributed by atoms with Crippen molar-refractivity contribution >= 4 is 16.9 Å². The van der Waals surface area contributed by atoms with Gasteiger partial charge in [0.25, 0.3) is 0 Å². The summed E-state index contributed by atoms with van der Waals surface area (Å²) in [6.45, 7) is 0.637. The first-order valence-electron chi connectivity index (χ1n) is 8.28. The van der Waals surface area contributed by atoms with Crippen molar-refractivity contribution in [1.29, 1.82) is 0 Å². The number of nitrogens with one attached hydrogen (secondary N) is 1. The fraction of sp³-hybridized carbons (Fsp3) is 0.263. The van der Waals surface area contributed by atoms with Crippen LogP contribution in [0.25, 0.3) is 11.0 Å². The first-order valence-corrected chi connectivity index (χ1v) is 8.28. The minimum absolute atomic E-state index is 0.0284. The molecule has 7 heteroatoms. The average molecular weight is 355 g/mol. The Morgan fingerprint density at radius 3 is 2.58 bits per heavy atom. The SMILES string of the molecule is COc1cccc(OCCNC(=O)Cn2c(=O)n(C)c3ccccc32)c1. The fourth-order valence-corrected chi connectivity index (χ4v) is 2.77. The van der Waals surface area contributed by atoms with Gasteiger partial charge in [-0.3, -0.25) is 13.9 Å². The fourth-order valence-electron chi connectivity index (χ4n) is 2.77. The van der Waals surface area contributed by atoms with E-state index in [0.717, 1.165) is 11.0 Å². The van der Waals surface area contributed by atoms with E-state index >= 15 is 0 Å². The summed E-state index contributed by atoms with van der Waals surface area (Å²) in [7, 11) is 3.29. The summed E-state index contributed by atoms with van der Waals surface area (Å²) in [6, 6.07) is 14.6. The van der Waals surface area contributed by atoms with E-state index < -0.39 is 0 Å². The van der Waals surface area contributed by atoms with Crippen molar-refractivity contribution in [2.45, 2.75) is 6.54 Å². The molecular formula is C19H21N3O4. The summed E-state index contributed by atoms with van der Waals surface area (Å²) in [6.07, 6.45) is 0. The second-order valence-corrected chi connectivity index (χ2v) is 5.79. The molecule has 3 aromatic rings. The molecular weight excluding hydrogens is 334 g/mol. The number of ether oxygens (including phenoxy) is 2. The number of para-hydroxylation sites is 2. The van der Waals surface area contributed by atoms with Gasteiger partial charge in [-0.25, -0.2) is 4.79 Å². The molecule has 0 radical (unpaired) electrons. The molecule has 0 saturated heterocycles. The molecule has 0 aliphatic heterocycles. The first-order chi connectivity index (χ1) is 12.6. The number of rotatable bonds is 7. The maximum Gasteiger partial charge on any atom is 0.329 e. The molecule has 26 heavy (non-hydrogen) atoms. The van der Waals surface area contributed by atoms with Gasteiger partial charge in [-0.2, -0.15) is 0 Å². The van der Waals surface area contributed by atoms with Gasteiger partial charge in [0.1, 0.15) is 24.7 Å². The Morgan fingerprint density at radius 1 is 1.08 bits per heavy atom. The van der Waals surface area contributed by atoms with E-state index in [1.807, 2.05) is 42.5 Å². The molecule has 0 unspecified atom stereocenters. The molecule has 1 aromatic heterocycles. The zero-order valence-corrected chi connectivity index (χ0v) is 14.8. The molecule has 7 nitrogen and oxygen atoms in total. The van der Waals surface area contributed by atoms with Gasteiger partial charge in [-0.05, 0) is 24.3 Å². The molecule has 0 aliphatic rings. The molecule has 0 bridgehead atoms. The summed E-state index contributed by atoms with van der Waals surface area (Å²) < 4.78 is 13.7. The smallest absolute Gasteiger partial charge is 0.329 e. The van der Waals surface area contributed by atoms with Gasteiger partial charge in [0.2, 0.25) is 5.91 Å². The van der Waals surface area contributed by atoms with Crippen LogP contribution in [0.2, 0.25) is 0 Å². The molecule has 2 aromatic carbocycles. The number of amides is 1. The number of carbonyl (C=O) groups is 1. The zero-order valence-electron chi connectivity index (χ0n) is 14.8. The van der Waals surface area contributed by atoms with Gasteiger partial charge in [-0.1, -0.05) is 18.2 Å². The number of hydrogen-bond acceptors (Lipinski definition) is 4. The van der Waals surface area contributed by atoms with Gasteiger partial charge in [0, 0.05) is 13.1 Å². The van der Waals surface area contributed by atoms with Crippen molar-refractivity contribution in [2.24, 2.45) is 7.05 Å². The summed E-state index contributed by atoms with van der Waals surface area (Å²) in [4.78, 5) is 24.5. The van der Waals surface area contributed by atoms with Crippen molar-refractivity contribution in [1.82, 2.24) is 14.5 Å². The highest BCUT2D eigenvalue weighted by atomic mass is 16.5. The number of benzene rings is 2. The van der Waals surface area contributed by atoms with E-state index in [1.165, 1.54) is 9.13 Å². The molecule has 1 amide bonds. The third-order valence-electron chi connectivity index (χ3n) is 4.09. The Bertz CT molecular complexity index is 974. The largest absolute Gasteiger partial charge is 0.497 e. The number of imidazole rings is 1. The van der Waals surface area contributed by atoms with Gasteiger partial charge < -0.3 is 14.8 Å². The molecule has 0 saturated carbocycles. The van der Waals surface area contributed by atoms with E-state index in [-0.39, 0.29) is 18.1 Å². The number of fused-ring (bicyclic) bond motifs is 1. The maximum absolute atomic E-state index is 12.3. The lowest BCUT2D eigenvalue weighted by Gasteiger charge is -2.09. The van der Waals surface area contributed by atoms with Crippen molar-refractivity contribution in [3.05, 3.63) is 59.0 Å². The van der Waals surface area contributed by atoms with E-state index in [0.29, 0.717) is 24.7 Å². The van der Waals surface area contributed by atoms with Crippen molar-refractivity contribution in [2.75, 3.05) is 20.3 Å². The Hall–Kier alpha value is -3.22. The van der Waals surface area contributed by atoms with Crippen LogP contribution in [-0.2, 0) is 18.4 Å². The monoisotopic (exact) mass is 355 g/mol. The first kappa shape index (κ1) is 17.6. The van der Waals surface area contributed by atoms with Crippen molar-refractivity contribution < 1.29 is 14.3 Å². The van der Waals surface area contributed by atoms with Crippen LogP contribution in [0.3, 0.4) is 0 Å². The molecule has 0 spiro atoms. The summed E-state index contributed by atoms with van der Waals surface area (Å²) in [5, 5.41) is 2.77. The van der Waals surface area contributed by atoms with Crippen LogP contribution in [0.4, 0.5) is 0 Å². The van der Waals surface area contributed by atoms with Crippen LogP contribution >= 0.6 is 0 Å². The van der Waals surface area contributed by atoms with Crippen LogP contribution in [0, 0.1) is 0 Å². The lowest BCUT2D eigenvalue weighted by molar-refractivity contribution is -0.121. The second kappa shape index (κ2) is 7.77. The minimum Gasteiger partial charge on any atom is -0.497 e. The van der Waals surface area contributed by atoms with Crippen LogP contribution in [-0.4, -0.2) is 35.3 Å². The second-order valence-electron chi connectivity index (χ2n) is 5.79. The predicted molar refractivity (Wildman–Crippen MR) is 98.7 cm³/mol. The molecule has 1 heterocycles. The zero-order chi connectivity index (χ0) is 18.5. The number of aryl methyl sites for hydroxylation is 1. The molecule has 136 valence electrons. The third-order valence-corrected chi connectivity index (χ3v) is 4.09. The van der Waals surface area contributed by atoms with Crippen LogP contribution in [0.5, 0.6) is 11.5 Å². The predicted octanol–water partition coefficient (Wildman–Crippen LogP) is 1.54. The summed E-state index contributed by atoms with van der Waals surface area (Å²) >= 11 is 0. The van der Waals surface area contributed by atoms with Crippen molar-refractivity contribution in [3.8, 4) is 11.5 Å². The van der Waals surface area contributed by atoms with Crippen LogP contribution < -0.4 is 20.5 Å². The molecule has 0 atom stereocenters. The highest BCUT2D eigenvalue weighted by molar-refractivity contribution is 5.80. The van der Waals surface area contributed by atoms with Crippen LogP contribution in [0.15, 0.2) is 53.3 Å².